The number of amides is 3. The molecule has 3 amide bonds. The summed E-state index contributed by atoms with van der Waals surface area (Å²) >= 11 is 12.6. The Morgan fingerprint density at radius 1 is 1.02 bits per heavy atom. The second kappa shape index (κ2) is 12.7. The van der Waals surface area contributed by atoms with E-state index in [1.54, 1.807) is 31.5 Å². The normalized spacial score (nSPS) is 19.5. The van der Waals surface area contributed by atoms with Crippen LogP contribution < -0.4 is 15.5 Å². The third-order valence-corrected chi connectivity index (χ3v) is 10.7. The van der Waals surface area contributed by atoms with Crippen molar-refractivity contribution in [2.75, 3.05) is 25.0 Å². The molecule has 1 saturated heterocycles. The second-order valence-electron chi connectivity index (χ2n) is 11.4. The lowest BCUT2D eigenvalue weighted by atomic mass is 9.91. The van der Waals surface area contributed by atoms with Crippen LogP contribution >= 0.6 is 23.2 Å². The van der Waals surface area contributed by atoms with Gasteiger partial charge in [-0.05, 0) is 49.1 Å². The number of likely N-dealkylation sites (N-methyl/N-ethyl adjacent to an activating group) is 1. The summed E-state index contributed by atoms with van der Waals surface area (Å²) in [6, 6.07) is 11.1. The van der Waals surface area contributed by atoms with E-state index in [9.17, 15) is 22.8 Å². The fraction of sp³-hybridized carbons (Fsp3) is 0.290. The fourth-order valence-corrected chi connectivity index (χ4v) is 8.42. The zero-order valence-corrected chi connectivity index (χ0v) is 27.7. The van der Waals surface area contributed by atoms with Crippen LogP contribution in [0.3, 0.4) is 0 Å². The van der Waals surface area contributed by atoms with Crippen molar-refractivity contribution >= 4 is 62.6 Å². The third-order valence-electron chi connectivity index (χ3n) is 8.35. The zero-order valence-electron chi connectivity index (χ0n) is 25.4. The monoisotopic (exact) mass is 696 g/mol. The molecule has 6 rings (SSSR count). The van der Waals surface area contributed by atoms with Crippen LogP contribution in [-0.2, 0) is 36.4 Å². The number of nitrogens with zero attached hydrogens (tertiary/aromatic N) is 6. The van der Waals surface area contributed by atoms with Gasteiger partial charge < -0.3 is 10.6 Å². The van der Waals surface area contributed by atoms with E-state index in [4.69, 9.17) is 23.2 Å². The highest BCUT2D eigenvalue weighted by Crippen LogP contribution is 2.45. The van der Waals surface area contributed by atoms with Gasteiger partial charge in [-0.3, -0.25) is 19.0 Å². The van der Waals surface area contributed by atoms with Crippen LogP contribution in [0.4, 0.5) is 11.6 Å². The van der Waals surface area contributed by atoms with E-state index >= 15 is 0 Å². The Hall–Kier alpha value is -4.37. The van der Waals surface area contributed by atoms with Crippen LogP contribution in [-0.4, -0.2) is 76.1 Å². The van der Waals surface area contributed by atoms with Crippen LogP contribution in [0.2, 0.25) is 10.0 Å². The van der Waals surface area contributed by atoms with Gasteiger partial charge in [0.05, 0.1) is 18.4 Å². The first-order valence-corrected chi connectivity index (χ1v) is 16.9. The molecule has 4 aromatic rings. The summed E-state index contributed by atoms with van der Waals surface area (Å²) in [6.07, 6.45) is 6.82. The van der Waals surface area contributed by atoms with Gasteiger partial charge >= 0.3 is 0 Å². The Morgan fingerprint density at radius 2 is 1.70 bits per heavy atom. The topological polar surface area (TPSA) is 159 Å². The average molecular weight is 698 g/mol. The predicted octanol–water partition coefficient (Wildman–Crippen LogP) is 3.30. The zero-order chi connectivity index (χ0) is 33.5. The maximum absolute atomic E-state index is 14.5. The first-order valence-electron chi connectivity index (χ1n) is 14.7. The lowest BCUT2D eigenvalue weighted by Gasteiger charge is -2.29. The fourth-order valence-electron chi connectivity index (χ4n) is 6.06. The van der Waals surface area contributed by atoms with E-state index in [0.717, 1.165) is 21.0 Å². The Morgan fingerprint density at radius 3 is 2.36 bits per heavy atom. The largest absolute Gasteiger partial charge is 0.358 e. The van der Waals surface area contributed by atoms with Crippen LogP contribution in [0.5, 0.6) is 0 Å². The molecule has 0 spiro atoms. The van der Waals surface area contributed by atoms with Gasteiger partial charge in [0, 0.05) is 48.0 Å². The maximum atomic E-state index is 14.5. The number of carbonyl (C=O) groups is 3. The van der Waals surface area contributed by atoms with E-state index < -0.39 is 39.3 Å². The average Bonchev–Trinajstić information content (AvgIpc) is 3.77. The summed E-state index contributed by atoms with van der Waals surface area (Å²) in [5.74, 6) is -1.39. The number of sulfonamides is 1. The van der Waals surface area contributed by atoms with E-state index in [0.29, 0.717) is 12.1 Å². The molecule has 2 atom stereocenters. The summed E-state index contributed by atoms with van der Waals surface area (Å²) in [7, 11) is -2.95. The number of aromatic nitrogens is 4. The van der Waals surface area contributed by atoms with E-state index in [2.05, 4.69) is 25.6 Å². The minimum atomic E-state index is -4.38. The van der Waals surface area contributed by atoms with Gasteiger partial charge in [-0.2, -0.15) is 4.31 Å². The highest BCUT2D eigenvalue weighted by atomic mass is 35.5. The Kier molecular flexibility index (Phi) is 8.78. The molecule has 2 aliphatic heterocycles. The van der Waals surface area contributed by atoms with Crippen LogP contribution in [0.1, 0.15) is 25.3 Å². The van der Waals surface area contributed by atoms with Crippen molar-refractivity contribution in [2.45, 2.75) is 42.8 Å². The van der Waals surface area contributed by atoms with Crippen molar-refractivity contribution in [1.82, 2.24) is 34.5 Å². The number of benzene rings is 2. The molecule has 2 N–H and O–H groups in total. The number of anilines is 2. The van der Waals surface area contributed by atoms with Crippen LogP contribution in [0.15, 0.2) is 72.4 Å². The molecule has 16 heteroatoms. The highest BCUT2D eigenvalue weighted by molar-refractivity contribution is 7.89. The lowest BCUT2D eigenvalue weighted by molar-refractivity contribution is -0.127. The number of fused-ring (bicyclic) bond motifs is 1. The van der Waals surface area contributed by atoms with Gasteiger partial charge in [-0.25, -0.2) is 28.3 Å². The molecule has 0 radical (unpaired) electrons. The molecule has 4 heterocycles. The number of halogens is 2. The van der Waals surface area contributed by atoms with Crippen molar-refractivity contribution in [3.05, 3.63) is 83.0 Å². The summed E-state index contributed by atoms with van der Waals surface area (Å²) in [5.41, 5.74) is 1.28. The molecule has 0 bridgehead atoms. The smallest absolute Gasteiger partial charge is 0.261 e. The number of carbonyl (C=O) groups excluding carboxylic acids is 3. The van der Waals surface area contributed by atoms with Gasteiger partial charge in [0.1, 0.15) is 17.9 Å². The number of hydrogen-bond acceptors (Lipinski definition) is 8. The van der Waals surface area contributed by atoms with Crippen LogP contribution in [0, 0.1) is 0 Å². The van der Waals surface area contributed by atoms with Gasteiger partial charge in [-0.1, -0.05) is 47.5 Å². The second-order valence-corrected chi connectivity index (χ2v) is 14.1. The van der Waals surface area contributed by atoms with Gasteiger partial charge in [0.15, 0.2) is 5.03 Å². The Balaban J connectivity index is 1.41. The molecule has 0 unspecified atom stereocenters. The summed E-state index contributed by atoms with van der Waals surface area (Å²) in [5, 5.41) is 5.24. The lowest BCUT2D eigenvalue weighted by Crippen LogP contribution is -2.49. The molecular formula is C31H30Cl2N8O5S. The number of rotatable bonds is 9. The first-order chi connectivity index (χ1) is 22.4. The molecular weight excluding hydrogens is 667 g/mol. The minimum Gasteiger partial charge on any atom is -0.358 e. The SMILES string of the molecule is CNC(=O)CNC(=O)[C@@H]1CCCN1S(=O)(=O)c1cnc2n1[C@](C)(Cc1ccc(-c3cncnc3)cc1)C(=O)N2c1cc(Cl)cc(Cl)c1. The molecule has 1 fully saturated rings. The quantitative estimate of drug-likeness (QED) is 0.270. The van der Waals surface area contributed by atoms with E-state index in [1.807, 2.05) is 24.3 Å². The van der Waals surface area contributed by atoms with Crippen LogP contribution in [0.25, 0.3) is 11.1 Å². The number of imidazole rings is 1. The van der Waals surface area contributed by atoms with Crippen molar-refractivity contribution in [3.8, 4) is 11.1 Å². The van der Waals surface area contributed by atoms with E-state index in [-0.39, 0.29) is 47.0 Å². The summed E-state index contributed by atoms with van der Waals surface area (Å²) in [4.78, 5) is 53.1. The molecule has 13 nitrogen and oxygen atoms in total. The van der Waals surface area contributed by atoms with Crippen molar-refractivity contribution in [1.29, 1.82) is 0 Å². The predicted molar refractivity (Wildman–Crippen MR) is 175 cm³/mol. The molecule has 2 aliphatic rings. The minimum absolute atomic E-state index is 0.0623. The highest BCUT2D eigenvalue weighted by Gasteiger charge is 2.53. The third kappa shape index (κ3) is 5.97. The van der Waals surface area contributed by atoms with Crippen molar-refractivity contribution < 1.29 is 22.8 Å². The standard InChI is InChI=1S/C31H30Cl2N8O5S/c1-31(13-19-5-7-20(8-6-19)21-14-35-18-36-15-21)29(44)40(24-11-22(32)10-23(33)12-24)30-38-17-27(41(30)31)47(45,46)39-9-3-4-25(39)28(43)37-16-26(42)34-2/h5-8,10-12,14-15,17-18,25H,3-4,9,13,16H2,1-2H3,(H,34,42)(H,37,43)/t25-,31+/m0/s1. The van der Waals surface area contributed by atoms with Gasteiger partial charge in [0.2, 0.25) is 17.8 Å². The van der Waals surface area contributed by atoms with Crippen molar-refractivity contribution in [2.24, 2.45) is 0 Å². The number of nitrogens with one attached hydrogen (secondary N) is 2. The molecule has 0 saturated carbocycles. The van der Waals surface area contributed by atoms with E-state index in [1.165, 1.54) is 35.1 Å². The first kappa shape index (κ1) is 32.6. The maximum Gasteiger partial charge on any atom is 0.261 e. The number of hydrogen-bond donors (Lipinski definition) is 2. The molecule has 2 aromatic carbocycles. The van der Waals surface area contributed by atoms with Crippen molar-refractivity contribution in [3.63, 3.8) is 0 Å². The Bertz CT molecular complexity index is 1950. The van der Waals surface area contributed by atoms with Gasteiger partial charge in [-0.15, -0.1) is 0 Å². The molecule has 2 aromatic heterocycles. The molecule has 0 aliphatic carbocycles. The van der Waals surface area contributed by atoms with Gasteiger partial charge in [0.25, 0.3) is 15.9 Å². The summed E-state index contributed by atoms with van der Waals surface area (Å²) < 4.78 is 31.3. The molecule has 244 valence electrons. The Labute approximate surface area is 281 Å². The molecule has 47 heavy (non-hydrogen) atoms. The summed E-state index contributed by atoms with van der Waals surface area (Å²) in [6.45, 7) is 1.44.